The fourth-order valence-corrected chi connectivity index (χ4v) is 7.56. The van der Waals surface area contributed by atoms with Crippen molar-refractivity contribution in [3.63, 3.8) is 0 Å². The minimum absolute atomic E-state index is 0.0189. The molecule has 1 fully saturated rings. The summed E-state index contributed by atoms with van der Waals surface area (Å²) in [6, 6.07) is 10.3. The maximum absolute atomic E-state index is 14.6. The zero-order chi connectivity index (χ0) is 48.5. The van der Waals surface area contributed by atoms with E-state index < -0.39 is 83.7 Å². The van der Waals surface area contributed by atoms with Gasteiger partial charge in [-0.3, -0.25) is 24.0 Å². The van der Waals surface area contributed by atoms with Crippen LogP contribution in [-0.2, 0) is 48.0 Å². The molecule has 4 rings (SSSR count). The Morgan fingerprint density at radius 1 is 0.697 bits per heavy atom. The van der Waals surface area contributed by atoms with Crippen LogP contribution in [-0.4, -0.2) is 117 Å². The van der Waals surface area contributed by atoms with Crippen LogP contribution in [0.2, 0.25) is 0 Å². The van der Waals surface area contributed by atoms with E-state index in [-0.39, 0.29) is 68.2 Å². The lowest BCUT2D eigenvalue weighted by Gasteiger charge is -2.34. The van der Waals surface area contributed by atoms with Crippen LogP contribution < -0.4 is 31.9 Å². The van der Waals surface area contributed by atoms with Crippen LogP contribution in [0.3, 0.4) is 0 Å². The third-order valence-corrected chi connectivity index (χ3v) is 11.9. The van der Waals surface area contributed by atoms with Crippen LogP contribution in [0.15, 0.2) is 72.8 Å². The first-order valence-corrected chi connectivity index (χ1v) is 22.5. The molecule has 18 nitrogen and oxygen atoms in total. The Morgan fingerprint density at radius 2 is 1.23 bits per heavy atom. The number of phenolic OH excluding ortho intramolecular Hbond substituents is 3. The molecule has 1 heterocycles. The molecule has 1 aliphatic heterocycles. The molecule has 0 aliphatic carbocycles. The fourth-order valence-electron chi connectivity index (χ4n) is 7.56. The minimum Gasteiger partial charge on any atom is -0.508 e. The van der Waals surface area contributed by atoms with Gasteiger partial charge in [-0.25, -0.2) is 9.59 Å². The largest absolute Gasteiger partial charge is 0.508 e. The predicted octanol–water partition coefficient (Wildman–Crippen LogP) is 3.02. The summed E-state index contributed by atoms with van der Waals surface area (Å²) in [5, 5.41) is 55.7. The molecule has 0 unspecified atom stereocenters. The van der Waals surface area contributed by atoms with Crippen molar-refractivity contribution in [2.75, 3.05) is 13.6 Å². The molecule has 1 aliphatic rings. The lowest BCUT2D eigenvalue weighted by Crippen LogP contribution is -2.61. The Balaban J connectivity index is 1.69. The quantitative estimate of drug-likeness (QED) is 0.112. The SMILES string of the molecule is CC[C@H](C)[C@@H]1NC(=O)[C@H](CCc2ccc(O)cc2)NC(=O)[C@H](CCc2ccc(O)cc2)N(C)C(=O)[C@H](C(C)C)NC(=O)[C@H](NC(=O)N[C@@H](Cc2ccc(O)cc2)C(=O)O)CCCCNC1=O. The molecule has 66 heavy (non-hydrogen) atoms. The van der Waals surface area contributed by atoms with Crippen molar-refractivity contribution in [2.24, 2.45) is 11.8 Å². The van der Waals surface area contributed by atoms with E-state index in [1.165, 1.54) is 60.5 Å². The number of likely N-dealkylation sites (N-methyl/N-ethyl adjacent to an activating group) is 1. The van der Waals surface area contributed by atoms with Gasteiger partial charge < -0.3 is 57.2 Å². The van der Waals surface area contributed by atoms with Gasteiger partial charge in [-0.2, -0.15) is 0 Å². The Hall–Kier alpha value is -6.85. The summed E-state index contributed by atoms with van der Waals surface area (Å²) in [6.07, 6.45) is 1.75. The molecule has 0 spiro atoms. The number of phenols is 3. The second-order valence-electron chi connectivity index (χ2n) is 17.3. The van der Waals surface area contributed by atoms with Crippen LogP contribution >= 0.6 is 0 Å². The third-order valence-electron chi connectivity index (χ3n) is 11.9. The number of hydrogen-bond donors (Lipinski definition) is 10. The van der Waals surface area contributed by atoms with E-state index in [1.54, 1.807) is 38.1 Å². The number of aliphatic carboxylic acids is 1. The van der Waals surface area contributed by atoms with Crippen LogP contribution in [0.5, 0.6) is 17.2 Å². The summed E-state index contributed by atoms with van der Waals surface area (Å²) in [5.41, 5.74) is 2.04. The molecule has 0 radical (unpaired) electrons. The summed E-state index contributed by atoms with van der Waals surface area (Å²) in [7, 11) is 1.42. The van der Waals surface area contributed by atoms with Crippen LogP contribution in [0.4, 0.5) is 4.79 Å². The highest BCUT2D eigenvalue weighted by molar-refractivity contribution is 5.96. The lowest BCUT2D eigenvalue weighted by atomic mass is 9.96. The molecule has 7 amide bonds. The summed E-state index contributed by atoms with van der Waals surface area (Å²) in [4.78, 5) is 98.2. The van der Waals surface area contributed by atoms with Crippen molar-refractivity contribution >= 4 is 41.5 Å². The van der Waals surface area contributed by atoms with Gasteiger partial charge >= 0.3 is 12.0 Å². The van der Waals surface area contributed by atoms with E-state index in [2.05, 4.69) is 31.9 Å². The average Bonchev–Trinajstić information content (AvgIpc) is 3.28. The molecule has 18 heteroatoms. The number of benzene rings is 3. The number of amides is 7. The van der Waals surface area contributed by atoms with E-state index >= 15 is 0 Å². The van der Waals surface area contributed by atoms with Crippen LogP contribution in [0, 0.1) is 11.8 Å². The zero-order valence-corrected chi connectivity index (χ0v) is 38.2. The van der Waals surface area contributed by atoms with Crippen molar-refractivity contribution in [1.82, 2.24) is 36.8 Å². The molecular formula is C48H65N7O11. The molecule has 10 N–H and O–H groups in total. The van der Waals surface area contributed by atoms with Crippen LogP contribution in [0.1, 0.15) is 82.9 Å². The molecular weight excluding hydrogens is 851 g/mol. The number of aryl methyl sites for hydroxylation is 2. The number of carboxylic acid groups (broad SMARTS) is 1. The number of hydrogen-bond acceptors (Lipinski definition) is 10. The molecule has 3 aromatic rings. The first kappa shape index (κ1) is 51.8. The minimum atomic E-state index is -1.41. The van der Waals surface area contributed by atoms with Gasteiger partial charge in [0.15, 0.2) is 0 Å². The van der Waals surface area contributed by atoms with E-state index in [9.17, 15) is 54.0 Å². The normalized spacial score (nSPS) is 21.5. The van der Waals surface area contributed by atoms with E-state index in [0.717, 1.165) is 11.1 Å². The van der Waals surface area contributed by atoms with Crippen molar-refractivity contribution < 1.29 is 54.0 Å². The highest BCUT2D eigenvalue weighted by Gasteiger charge is 2.37. The summed E-state index contributed by atoms with van der Waals surface area (Å²) >= 11 is 0. The van der Waals surface area contributed by atoms with Crippen LogP contribution in [0.25, 0.3) is 0 Å². The Kier molecular flexibility index (Phi) is 19.6. The second-order valence-corrected chi connectivity index (χ2v) is 17.3. The summed E-state index contributed by atoms with van der Waals surface area (Å²) in [5.74, 6) is -5.26. The van der Waals surface area contributed by atoms with Crippen molar-refractivity contribution in [1.29, 1.82) is 0 Å². The number of carboxylic acids is 1. The predicted molar refractivity (Wildman–Crippen MR) is 245 cm³/mol. The van der Waals surface area contributed by atoms with Crippen molar-refractivity contribution in [3.8, 4) is 17.2 Å². The first-order chi connectivity index (χ1) is 31.4. The van der Waals surface area contributed by atoms with Gasteiger partial charge in [-0.1, -0.05) is 70.5 Å². The monoisotopic (exact) mass is 915 g/mol. The Labute approximate surface area is 385 Å². The van der Waals surface area contributed by atoms with Gasteiger partial charge in [0.1, 0.15) is 53.5 Å². The fraction of sp³-hybridized carbons (Fsp3) is 0.479. The van der Waals surface area contributed by atoms with E-state index in [0.29, 0.717) is 24.8 Å². The van der Waals surface area contributed by atoms with E-state index in [1.807, 2.05) is 13.8 Å². The number of carbonyl (C=O) groups is 7. The zero-order valence-electron chi connectivity index (χ0n) is 38.2. The third kappa shape index (κ3) is 15.7. The molecule has 0 saturated carbocycles. The lowest BCUT2D eigenvalue weighted by molar-refractivity contribution is -0.144. The van der Waals surface area contributed by atoms with Gasteiger partial charge in [0.2, 0.25) is 29.5 Å². The van der Waals surface area contributed by atoms with Gasteiger partial charge in [0.05, 0.1) is 0 Å². The highest BCUT2D eigenvalue weighted by atomic mass is 16.4. The Bertz CT molecular complexity index is 2120. The van der Waals surface area contributed by atoms with Gasteiger partial charge in [0, 0.05) is 20.0 Å². The molecule has 7 atom stereocenters. The summed E-state index contributed by atoms with van der Waals surface area (Å²) < 4.78 is 0. The van der Waals surface area contributed by atoms with Crippen molar-refractivity contribution in [2.45, 2.75) is 122 Å². The molecule has 0 bridgehead atoms. The standard InChI is InChI=1S/C48H65N7O11/c1-6-29(4)41-45(62)49-26-8-7-9-36(51-48(66)52-38(47(64)65)27-32-14-22-35(58)23-15-32)42(59)53-40(28(2)3)46(63)55(5)39(25-17-31-12-20-34(57)21-13-31)44(61)50-37(43(60)54-41)24-16-30-10-18-33(56)19-11-30/h10-15,18-23,28-29,36-41,56-58H,6-9,16-17,24-27H2,1-5H3,(H,49,62)(H,50,61)(H,53,59)(H,54,60)(H,64,65)(H2,51,52,66)/t29-,36+,37-,38-,39-,40-,41-/m0/s1. The average molecular weight is 916 g/mol. The highest BCUT2D eigenvalue weighted by Crippen LogP contribution is 2.19. The van der Waals surface area contributed by atoms with Gasteiger partial charge in [-0.15, -0.1) is 0 Å². The number of nitrogens with one attached hydrogen (secondary N) is 6. The second kappa shape index (κ2) is 25.0. The maximum Gasteiger partial charge on any atom is 0.326 e. The maximum atomic E-state index is 14.6. The summed E-state index contributed by atoms with van der Waals surface area (Å²) in [6.45, 7) is 7.23. The number of carbonyl (C=O) groups excluding carboxylic acids is 6. The van der Waals surface area contributed by atoms with Crippen molar-refractivity contribution in [3.05, 3.63) is 89.5 Å². The molecule has 3 aromatic carbocycles. The smallest absolute Gasteiger partial charge is 0.326 e. The topological polar surface area (TPSA) is 276 Å². The number of urea groups is 1. The van der Waals surface area contributed by atoms with Gasteiger partial charge in [0.25, 0.3) is 0 Å². The first-order valence-electron chi connectivity index (χ1n) is 22.5. The number of aromatic hydroxyl groups is 3. The molecule has 0 aromatic heterocycles. The number of nitrogens with zero attached hydrogens (tertiary/aromatic N) is 1. The molecule has 358 valence electrons. The molecule has 1 saturated heterocycles. The van der Waals surface area contributed by atoms with E-state index in [4.69, 9.17) is 0 Å². The Morgan fingerprint density at radius 3 is 1.76 bits per heavy atom. The van der Waals surface area contributed by atoms with Gasteiger partial charge in [-0.05, 0) is 110 Å². The number of rotatable bonds is 14.